The smallest absolute Gasteiger partial charge is 0.325 e. The zero-order valence-electron chi connectivity index (χ0n) is 13.3. The van der Waals surface area contributed by atoms with Gasteiger partial charge in [-0.2, -0.15) is 0 Å². The summed E-state index contributed by atoms with van der Waals surface area (Å²) in [5, 5.41) is 0. The molecule has 1 aliphatic heterocycles. The molecule has 3 rings (SSSR count). The zero-order chi connectivity index (χ0) is 16.8. The number of benzene rings is 2. The molecule has 24 heavy (non-hydrogen) atoms. The minimum atomic E-state index is -0.306. The van der Waals surface area contributed by atoms with Crippen molar-refractivity contribution in [1.82, 2.24) is 4.90 Å². The monoisotopic (exact) mass is 325 g/mol. The number of hydrogen-bond donors (Lipinski definition) is 0. The van der Waals surface area contributed by atoms with Gasteiger partial charge in [-0.1, -0.05) is 30.3 Å². The van der Waals surface area contributed by atoms with Crippen molar-refractivity contribution in [2.45, 2.75) is 0 Å². The number of hydrogen-bond acceptors (Lipinski definition) is 5. The van der Waals surface area contributed by atoms with Crippen LogP contribution in [0.1, 0.15) is 15.9 Å². The van der Waals surface area contributed by atoms with E-state index in [-0.39, 0.29) is 18.3 Å². The minimum Gasteiger partial charge on any atom is -0.426 e. The molecule has 0 atom stereocenters. The summed E-state index contributed by atoms with van der Waals surface area (Å²) in [6.07, 6.45) is 0. The van der Waals surface area contributed by atoms with Gasteiger partial charge in [-0.15, -0.1) is 0 Å². The van der Waals surface area contributed by atoms with E-state index in [1.165, 1.54) is 0 Å². The summed E-state index contributed by atoms with van der Waals surface area (Å²) in [5.74, 6) is 0.0821. The Morgan fingerprint density at radius 3 is 2.21 bits per heavy atom. The summed E-state index contributed by atoms with van der Waals surface area (Å²) in [5.41, 5.74) is 1.20. The molecule has 0 spiro atoms. The van der Waals surface area contributed by atoms with Gasteiger partial charge in [0.15, 0.2) is 5.78 Å². The van der Waals surface area contributed by atoms with Crippen molar-refractivity contribution in [2.75, 3.05) is 32.8 Å². The molecule has 124 valence electrons. The van der Waals surface area contributed by atoms with Crippen LogP contribution in [0.5, 0.6) is 5.75 Å². The zero-order valence-corrected chi connectivity index (χ0v) is 13.3. The van der Waals surface area contributed by atoms with Crippen LogP contribution in [0.2, 0.25) is 0 Å². The normalized spacial score (nSPS) is 15.0. The number of carbonyl (C=O) groups excluding carboxylic acids is 2. The maximum Gasteiger partial charge on any atom is 0.325 e. The molecule has 0 unspecified atom stereocenters. The molecule has 1 fully saturated rings. The van der Waals surface area contributed by atoms with Crippen molar-refractivity contribution in [2.24, 2.45) is 0 Å². The minimum absolute atomic E-state index is 0.0539. The van der Waals surface area contributed by atoms with Crippen LogP contribution in [-0.4, -0.2) is 49.5 Å². The number of ether oxygens (including phenoxy) is 2. The molecule has 2 aromatic carbocycles. The number of nitrogens with zero attached hydrogens (tertiary/aromatic N) is 1. The highest BCUT2D eigenvalue weighted by Gasteiger charge is 2.16. The second kappa shape index (κ2) is 7.86. The fraction of sp³-hybridized carbons (Fsp3) is 0.263. The largest absolute Gasteiger partial charge is 0.426 e. The summed E-state index contributed by atoms with van der Waals surface area (Å²) >= 11 is 0. The van der Waals surface area contributed by atoms with Crippen LogP contribution in [0, 0.1) is 0 Å². The Hall–Kier alpha value is -2.50. The topological polar surface area (TPSA) is 55.8 Å². The lowest BCUT2D eigenvalue weighted by molar-refractivity contribution is -0.136. The van der Waals surface area contributed by atoms with Gasteiger partial charge >= 0.3 is 5.97 Å². The van der Waals surface area contributed by atoms with Crippen LogP contribution < -0.4 is 4.74 Å². The third kappa shape index (κ3) is 4.28. The van der Waals surface area contributed by atoms with Gasteiger partial charge in [-0.05, 0) is 24.3 Å². The first-order valence-corrected chi connectivity index (χ1v) is 7.93. The summed E-state index contributed by atoms with van der Waals surface area (Å²) in [7, 11) is 0. The molecule has 5 nitrogen and oxygen atoms in total. The SMILES string of the molecule is O=C(CN1CCOCC1)Oc1ccc(C(=O)c2ccccc2)cc1. The van der Waals surface area contributed by atoms with E-state index in [9.17, 15) is 9.59 Å². The number of morpholine rings is 1. The maximum atomic E-state index is 12.3. The van der Waals surface area contributed by atoms with E-state index in [4.69, 9.17) is 9.47 Å². The van der Waals surface area contributed by atoms with Gasteiger partial charge in [0.1, 0.15) is 5.75 Å². The average molecular weight is 325 g/mol. The first-order chi connectivity index (χ1) is 11.7. The molecule has 1 heterocycles. The summed E-state index contributed by atoms with van der Waals surface area (Å²) in [6.45, 7) is 3.00. The van der Waals surface area contributed by atoms with Crippen molar-refractivity contribution in [3.8, 4) is 5.75 Å². The van der Waals surface area contributed by atoms with Crippen molar-refractivity contribution in [3.05, 3.63) is 65.7 Å². The van der Waals surface area contributed by atoms with Crippen LogP contribution >= 0.6 is 0 Å². The average Bonchev–Trinajstić information content (AvgIpc) is 2.63. The summed E-state index contributed by atoms with van der Waals surface area (Å²) in [6, 6.07) is 15.7. The van der Waals surface area contributed by atoms with Gasteiger partial charge in [0, 0.05) is 24.2 Å². The van der Waals surface area contributed by atoms with Gasteiger partial charge in [0.25, 0.3) is 0 Å². The van der Waals surface area contributed by atoms with Gasteiger partial charge in [0.2, 0.25) is 0 Å². The molecule has 2 aromatic rings. The predicted molar refractivity (Wildman–Crippen MR) is 89.2 cm³/mol. The molecular formula is C19H19NO4. The molecule has 1 aliphatic rings. The van der Waals surface area contributed by atoms with Gasteiger partial charge in [0.05, 0.1) is 19.8 Å². The lowest BCUT2D eigenvalue weighted by Crippen LogP contribution is -2.40. The lowest BCUT2D eigenvalue weighted by atomic mass is 10.0. The van der Waals surface area contributed by atoms with E-state index < -0.39 is 0 Å². The molecular weight excluding hydrogens is 306 g/mol. The van der Waals surface area contributed by atoms with Crippen LogP contribution in [-0.2, 0) is 9.53 Å². The van der Waals surface area contributed by atoms with Crippen LogP contribution in [0.25, 0.3) is 0 Å². The van der Waals surface area contributed by atoms with Crippen molar-refractivity contribution in [1.29, 1.82) is 0 Å². The molecule has 5 heteroatoms. The first-order valence-electron chi connectivity index (χ1n) is 7.93. The molecule has 0 radical (unpaired) electrons. The predicted octanol–water partition coefficient (Wildman–Crippen LogP) is 2.16. The summed E-state index contributed by atoms with van der Waals surface area (Å²) in [4.78, 5) is 26.3. The molecule has 0 saturated carbocycles. The first kappa shape index (κ1) is 16.4. The number of esters is 1. The lowest BCUT2D eigenvalue weighted by Gasteiger charge is -2.25. The number of carbonyl (C=O) groups is 2. The van der Waals surface area contributed by atoms with Gasteiger partial charge in [-0.25, -0.2) is 0 Å². The van der Waals surface area contributed by atoms with Gasteiger partial charge in [-0.3, -0.25) is 14.5 Å². The summed E-state index contributed by atoms with van der Waals surface area (Å²) < 4.78 is 10.6. The van der Waals surface area contributed by atoms with E-state index >= 15 is 0 Å². The number of rotatable bonds is 5. The molecule has 0 aliphatic carbocycles. The third-order valence-corrected chi connectivity index (χ3v) is 3.84. The van der Waals surface area contributed by atoms with Gasteiger partial charge < -0.3 is 9.47 Å². The molecule has 0 amide bonds. The molecule has 0 N–H and O–H groups in total. The fourth-order valence-electron chi connectivity index (χ4n) is 2.54. The van der Waals surface area contributed by atoms with E-state index in [0.717, 1.165) is 13.1 Å². The Kier molecular flexibility index (Phi) is 5.36. The van der Waals surface area contributed by atoms with E-state index in [2.05, 4.69) is 0 Å². The molecule has 0 bridgehead atoms. The standard InChI is InChI=1S/C19H19NO4/c21-18(14-20-10-12-23-13-11-20)24-17-8-6-16(7-9-17)19(22)15-4-2-1-3-5-15/h1-9H,10-14H2. The van der Waals surface area contributed by atoms with E-state index in [1.54, 1.807) is 36.4 Å². The van der Waals surface area contributed by atoms with E-state index in [0.29, 0.717) is 30.1 Å². The van der Waals surface area contributed by atoms with Crippen LogP contribution in [0.15, 0.2) is 54.6 Å². The Bertz CT molecular complexity index is 691. The van der Waals surface area contributed by atoms with Crippen molar-refractivity contribution < 1.29 is 19.1 Å². The highest BCUT2D eigenvalue weighted by molar-refractivity contribution is 6.09. The highest BCUT2D eigenvalue weighted by atomic mass is 16.5. The second-order valence-electron chi connectivity index (χ2n) is 5.58. The highest BCUT2D eigenvalue weighted by Crippen LogP contribution is 2.16. The van der Waals surface area contributed by atoms with Crippen LogP contribution in [0.3, 0.4) is 0 Å². The Labute approximate surface area is 140 Å². The Morgan fingerprint density at radius 1 is 0.917 bits per heavy atom. The number of ketones is 1. The molecule has 0 aromatic heterocycles. The Balaban J connectivity index is 1.58. The quantitative estimate of drug-likeness (QED) is 0.479. The fourth-order valence-corrected chi connectivity index (χ4v) is 2.54. The van der Waals surface area contributed by atoms with Crippen LogP contribution in [0.4, 0.5) is 0 Å². The molecule has 1 saturated heterocycles. The van der Waals surface area contributed by atoms with E-state index in [1.807, 2.05) is 23.1 Å². The second-order valence-corrected chi connectivity index (χ2v) is 5.58. The Morgan fingerprint density at radius 2 is 1.54 bits per heavy atom. The van der Waals surface area contributed by atoms with Crippen molar-refractivity contribution in [3.63, 3.8) is 0 Å². The van der Waals surface area contributed by atoms with Crippen molar-refractivity contribution >= 4 is 11.8 Å². The third-order valence-electron chi connectivity index (χ3n) is 3.84. The maximum absolute atomic E-state index is 12.3.